The number of hydrogen-bond acceptors (Lipinski definition) is 4. The van der Waals surface area contributed by atoms with Crippen LogP contribution in [0.3, 0.4) is 0 Å². The predicted molar refractivity (Wildman–Crippen MR) is 118 cm³/mol. The van der Waals surface area contributed by atoms with Gasteiger partial charge in [-0.2, -0.15) is 5.10 Å². The Morgan fingerprint density at radius 2 is 2.10 bits per heavy atom. The van der Waals surface area contributed by atoms with Crippen molar-refractivity contribution in [3.63, 3.8) is 0 Å². The summed E-state index contributed by atoms with van der Waals surface area (Å²) in [4.78, 5) is 13.0. The summed E-state index contributed by atoms with van der Waals surface area (Å²) in [5.74, 6) is 1.16. The number of aryl methyl sites for hydroxylation is 2. The van der Waals surface area contributed by atoms with Gasteiger partial charge in [-0.15, -0.1) is 0 Å². The average Bonchev–Trinajstić information content (AvgIpc) is 3.26. The van der Waals surface area contributed by atoms with Gasteiger partial charge in [-0.05, 0) is 50.3 Å². The Hall–Kier alpha value is -2.31. The van der Waals surface area contributed by atoms with E-state index in [-0.39, 0.29) is 5.91 Å². The van der Waals surface area contributed by atoms with Crippen molar-refractivity contribution in [1.82, 2.24) is 14.9 Å². The van der Waals surface area contributed by atoms with Crippen molar-refractivity contribution in [3.8, 4) is 0 Å². The summed E-state index contributed by atoms with van der Waals surface area (Å²) in [5.41, 5.74) is 4.60. The lowest BCUT2D eigenvalue weighted by Crippen LogP contribution is -2.19. The fourth-order valence-corrected chi connectivity index (χ4v) is 4.34. The zero-order valence-electron chi connectivity index (χ0n) is 17.3. The first-order valence-electron chi connectivity index (χ1n) is 10.1. The number of anilines is 1. The van der Waals surface area contributed by atoms with Gasteiger partial charge in [-0.1, -0.05) is 47.8 Å². The zero-order chi connectivity index (χ0) is 21.4. The van der Waals surface area contributed by atoms with Gasteiger partial charge in [0.05, 0.1) is 33.7 Å². The second-order valence-corrected chi connectivity index (χ2v) is 8.67. The van der Waals surface area contributed by atoms with Gasteiger partial charge in [0.25, 0.3) is 5.91 Å². The first-order valence-corrected chi connectivity index (χ1v) is 10.9. The van der Waals surface area contributed by atoms with Crippen molar-refractivity contribution < 1.29 is 9.32 Å². The van der Waals surface area contributed by atoms with Crippen LogP contribution in [0.4, 0.5) is 5.69 Å². The van der Waals surface area contributed by atoms with Crippen LogP contribution in [-0.4, -0.2) is 20.8 Å². The molecule has 30 heavy (non-hydrogen) atoms. The Morgan fingerprint density at radius 1 is 1.30 bits per heavy atom. The highest BCUT2D eigenvalue weighted by atomic mass is 35.5. The smallest absolute Gasteiger partial charge is 0.278 e. The first-order chi connectivity index (χ1) is 14.4. The number of benzene rings is 1. The number of nitrogens with one attached hydrogen (secondary N) is 1. The van der Waals surface area contributed by atoms with Gasteiger partial charge in [0.1, 0.15) is 5.76 Å². The summed E-state index contributed by atoms with van der Waals surface area (Å²) in [6.07, 6.45) is 3.85. The molecular weight excluding hydrogens is 423 g/mol. The maximum Gasteiger partial charge on any atom is 0.278 e. The molecule has 2 aromatic heterocycles. The Morgan fingerprint density at radius 3 is 2.83 bits per heavy atom. The van der Waals surface area contributed by atoms with Gasteiger partial charge >= 0.3 is 0 Å². The molecule has 3 aromatic rings. The highest BCUT2D eigenvalue weighted by Gasteiger charge is 2.28. The molecule has 8 heteroatoms. The van der Waals surface area contributed by atoms with Gasteiger partial charge in [-0.25, -0.2) is 0 Å². The normalized spacial score (nSPS) is 15.8. The lowest BCUT2D eigenvalue weighted by atomic mass is 9.85. The van der Waals surface area contributed by atoms with Crippen LogP contribution in [0.5, 0.6) is 0 Å². The van der Waals surface area contributed by atoms with Crippen molar-refractivity contribution in [2.75, 3.05) is 5.32 Å². The van der Waals surface area contributed by atoms with Crippen LogP contribution >= 0.6 is 23.2 Å². The van der Waals surface area contributed by atoms with Gasteiger partial charge in [0.15, 0.2) is 5.69 Å². The SMILES string of the molecule is CCC1CCc2onc(C(=O)Nc3c(C)nn(Cc4ccc(Cl)c(Cl)c4)c3C)c2C1. The molecule has 1 aromatic carbocycles. The third-order valence-corrected chi connectivity index (χ3v) is 6.61. The molecule has 0 aliphatic heterocycles. The Balaban J connectivity index is 1.55. The number of carbonyl (C=O) groups is 1. The van der Waals surface area contributed by atoms with Crippen molar-refractivity contribution in [1.29, 1.82) is 0 Å². The molecule has 1 N–H and O–H groups in total. The Kier molecular flexibility index (Phi) is 5.89. The number of amides is 1. The second kappa shape index (κ2) is 8.44. The number of aromatic nitrogens is 3. The molecule has 6 nitrogen and oxygen atoms in total. The molecule has 0 saturated heterocycles. The van der Waals surface area contributed by atoms with E-state index in [1.165, 1.54) is 0 Å². The third kappa shape index (κ3) is 3.98. The minimum Gasteiger partial charge on any atom is -0.360 e. The number of nitrogens with zero attached hydrogens (tertiary/aromatic N) is 3. The van der Waals surface area contributed by atoms with Gasteiger partial charge in [0, 0.05) is 12.0 Å². The van der Waals surface area contributed by atoms with E-state index in [0.717, 1.165) is 54.0 Å². The van der Waals surface area contributed by atoms with E-state index < -0.39 is 0 Å². The van der Waals surface area contributed by atoms with Crippen LogP contribution in [0, 0.1) is 19.8 Å². The summed E-state index contributed by atoms with van der Waals surface area (Å²) < 4.78 is 7.29. The van der Waals surface area contributed by atoms with E-state index in [0.29, 0.717) is 33.9 Å². The minimum atomic E-state index is -0.253. The molecule has 1 aliphatic rings. The van der Waals surface area contributed by atoms with Crippen LogP contribution < -0.4 is 5.32 Å². The van der Waals surface area contributed by atoms with Crippen LogP contribution in [0.15, 0.2) is 22.7 Å². The monoisotopic (exact) mass is 446 g/mol. The molecule has 4 rings (SSSR count). The topological polar surface area (TPSA) is 73.0 Å². The van der Waals surface area contributed by atoms with Crippen molar-refractivity contribution in [3.05, 3.63) is 62.2 Å². The Bertz CT molecular complexity index is 1100. The van der Waals surface area contributed by atoms with Crippen molar-refractivity contribution >= 4 is 34.8 Å². The maximum absolute atomic E-state index is 13.0. The highest BCUT2D eigenvalue weighted by molar-refractivity contribution is 6.42. The number of rotatable bonds is 5. The fraction of sp³-hybridized carbons (Fsp3) is 0.409. The maximum atomic E-state index is 13.0. The lowest BCUT2D eigenvalue weighted by Gasteiger charge is -2.19. The lowest BCUT2D eigenvalue weighted by molar-refractivity contribution is 0.101. The van der Waals surface area contributed by atoms with E-state index >= 15 is 0 Å². The van der Waals surface area contributed by atoms with Crippen molar-refractivity contribution in [2.24, 2.45) is 5.92 Å². The highest BCUT2D eigenvalue weighted by Crippen LogP contribution is 2.31. The molecule has 2 heterocycles. The van der Waals surface area contributed by atoms with Gasteiger partial charge in [0.2, 0.25) is 0 Å². The summed E-state index contributed by atoms with van der Waals surface area (Å²) in [6, 6.07) is 5.50. The molecule has 0 saturated carbocycles. The van der Waals surface area contributed by atoms with E-state index in [1.54, 1.807) is 6.07 Å². The summed E-state index contributed by atoms with van der Waals surface area (Å²) >= 11 is 12.1. The van der Waals surface area contributed by atoms with Crippen LogP contribution in [0.1, 0.15) is 58.5 Å². The van der Waals surface area contributed by atoms with Gasteiger partial charge < -0.3 is 9.84 Å². The molecule has 1 atom stereocenters. The summed E-state index contributed by atoms with van der Waals surface area (Å²) in [5, 5.41) is 12.7. The molecular formula is C22H24Cl2N4O2. The predicted octanol–water partition coefficient (Wildman–Crippen LogP) is 5.61. The van der Waals surface area contributed by atoms with E-state index in [2.05, 4.69) is 22.5 Å². The molecule has 1 unspecified atom stereocenters. The van der Waals surface area contributed by atoms with E-state index in [9.17, 15) is 4.79 Å². The molecule has 0 radical (unpaired) electrons. The van der Waals surface area contributed by atoms with Crippen LogP contribution in [0.2, 0.25) is 10.0 Å². The number of carbonyl (C=O) groups excluding carboxylic acids is 1. The standard InChI is InChI=1S/C22H24Cl2N4O2/c1-4-14-6-8-19-16(9-14)21(27-30-19)22(29)25-20-12(2)26-28(13(20)3)11-15-5-7-17(23)18(24)10-15/h5,7,10,14H,4,6,8-9,11H2,1-3H3,(H,25,29). The van der Waals surface area contributed by atoms with E-state index in [4.69, 9.17) is 27.7 Å². The van der Waals surface area contributed by atoms with Crippen molar-refractivity contribution in [2.45, 2.75) is 53.0 Å². The summed E-state index contributed by atoms with van der Waals surface area (Å²) in [7, 11) is 0. The molecule has 0 spiro atoms. The zero-order valence-corrected chi connectivity index (χ0v) is 18.8. The third-order valence-electron chi connectivity index (χ3n) is 5.87. The molecule has 0 bridgehead atoms. The molecule has 0 fully saturated rings. The average molecular weight is 447 g/mol. The molecule has 158 valence electrons. The van der Waals surface area contributed by atoms with Crippen LogP contribution in [-0.2, 0) is 19.4 Å². The van der Waals surface area contributed by atoms with Crippen LogP contribution in [0.25, 0.3) is 0 Å². The van der Waals surface area contributed by atoms with E-state index in [1.807, 2.05) is 30.7 Å². The fourth-order valence-electron chi connectivity index (χ4n) is 4.02. The molecule has 1 aliphatic carbocycles. The number of hydrogen-bond donors (Lipinski definition) is 1. The quantitative estimate of drug-likeness (QED) is 0.552. The Labute approximate surface area is 185 Å². The largest absolute Gasteiger partial charge is 0.360 e. The first kappa shape index (κ1) is 20.9. The molecule has 1 amide bonds. The van der Waals surface area contributed by atoms with Gasteiger partial charge in [-0.3, -0.25) is 9.48 Å². The second-order valence-electron chi connectivity index (χ2n) is 7.86. The summed E-state index contributed by atoms with van der Waals surface area (Å²) in [6.45, 7) is 6.51. The number of halogens is 2. The minimum absolute atomic E-state index is 0.253. The number of fused-ring (bicyclic) bond motifs is 1.